The van der Waals surface area contributed by atoms with Crippen LogP contribution in [-0.4, -0.2) is 50.4 Å². The fraction of sp³-hybridized carbons (Fsp3) is 0.333. The lowest BCUT2D eigenvalue weighted by atomic mass is 10.1. The molecule has 1 unspecified atom stereocenters. The first-order chi connectivity index (χ1) is 16.5. The summed E-state index contributed by atoms with van der Waals surface area (Å²) in [6.07, 6.45) is 1.99. The maximum atomic E-state index is 13.4. The first-order valence-corrected chi connectivity index (χ1v) is 12.6. The van der Waals surface area contributed by atoms with Crippen LogP contribution in [0.5, 0.6) is 0 Å². The van der Waals surface area contributed by atoms with Gasteiger partial charge in [0.1, 0.15) is 0 Å². The summed E-state index contributed by atoms with van der Waals surface area (Å²) in [6.45, 7) is 3.74. The summed E-state index contributed by atoms with van der Waals surface area (Å²) in [6, 6.07) is 19.5. The Morgan fingerprint density at radius 3 is 2.47 bits per heavy atom. The standard InChI is InChI=1S/C27H32N4O2S/c1-4-30(22-9-6-5-7-10-22)19-25(32)28-21-14-12-20(13-15-21)27(33)31-17-8-11-23(29(2)3)26-24(31)16-18-34-26/h5-7,9-10,12-16,18,23H,4,8,11,17,19H2,1-3H3,(H,28,32). The van der Waals surface area contributed by atoms with Gasteiger partial charge in [0.2, 0.25) is 5.91 Å². The average Bonchev–Trinajstić information content (AvgIpc) is 3.24. The van der Waals surface area contributed by atoms with E-state index in [2.05, 4.69) is 35.8 Å². The van der Waals surface area contributed by atoms with Crippen LogP contribution in [0.1, 0.15) is 41.0 Å². The van der Waals surface area contributed by atoms with Crippen molar-refractivity contribution in [3.05, 3.63) is 76.5 Å². The van der Waals surface area contributed by atoms with Gasteiger partial charge in [0.05, 0.1) is 12.2 Å². The van der Waals surface area contributed by atoms with E-state index >= 15 is 0 Å². The molecule has 2 aromatic carbocycles. The maximum absolute atomic E-state index is 13.4. The minimum absolute atomic E-state index is 0.00170. The van der Waals surface area contributed by atoms with E-state index in [4.69, 9.17) is 0 Å². The molecule has 34 heavy (non-hydrogen) atoms. The van der Waals surface area contributed by atoms with Crippen molar-refractivity contribution in [2.24, 2.45) is 0 Å². The summed E-state index contributed by atoms with van der Waals surface area (Å²) >= 11 is 1.72. The van der Waals surface area contributed by atoms with Crippen molar-refractivity contribution in [1.82, 2.24) is 4.90 Å². The molecule has 1 aliphatic rings. The van der Waals surface area contributed by atoms with Crippen molar-refractivity contribution < 1.29 is 9.59 Å². The average molecular weight is 477 g/mol. The van der Waals surface area contributed by atoms with Crippen LogP contribution in [0.4, 0.5) is 17.1 Å². The monoisotopic (exact) mass is 476 g/mol. The molecule has 0 saturated heterocycles. The van der Waals surface area contributed by atoms with E-state index < -0.39 is 0 Å². The highest BCUT2D eigenvalue weighted by atomic mass is 32.1. The molecule has 1 aromatic heterocycles. The van der Waals surface area contributed by atoms with Crippen LogP contribution >= 0.6 is 11.3 Å². The normalized spacial score (nSPS) is 15.5. The molecule has 2 heterocycles. The minimum atomic E-state index is -0.0880. The summed E-state index contributed by atoms with van der Waals surface area (Å²) in [5.74, 6) is -0.0897. The van der Waals surface area contributed by atoms with Crippen LogP contribution in [0.25, 0.3) is 0 Å². The van der Waals surface area contributed by atoms with Gasteiger partial charge in [-0.3, -0.25) is 9.59 Å². The Kier molecular flexibility index (Phi) is 7.65. The van der Waals surface area contributed by atoms with E-state index in [1.54, 1.807) is 35.6 Å². The molecule has 6 nitrogen and oxygen atoms in total. The zero-order chi connectivity index (χ0) is 24.1. The molecule has 1 aliphatic heterocycles. The van der Waals surface area contributed by atoms with Crippen LogP contribution in [0.3, 0.4) is 0 Å². The van der Waals surface area contributed by atoms with Crippen LogP contribution < -0.4 is 15.1 Å². The predicted octanol–water partition coefficient (Wildman–Crippen LogP) is 5.26. The quantitative estimate of drug-likeness (QED) is 0.506. The summed E-state index contributed by atoms with van der Waals surface area (Å²) in [5.41, 5.74) is 3.34. The van der Waals surface area contributed by atoms with Gasteiger partial charge in [0.25, 0.3) is 5.91 Å². The first-order valence-electron chi connectivity index (χ1n) is 11.7. The zero-order valence-corrected chi connectivity index (χ0v) is 20.8. The fourth-order valence-corrected chi connectivity index (χ4v) is 5.56. The Balaban J connectivity index is 1.43. The van der Waals surface area contributed by atoms with Gasteiger partial charge in [-0.15, -0.1) is 11.3 Å². The Labute approximate surface area is 205 Å². The molecule has 3 aromatic rings. The van der Waals surface area contributed by atoms with Crippen molar-refractivity contribution in [3.63, 3.8) is 0 Å². The van der Waals surface area contributed by atoms with Crippen molar-refractivity contribution in [2.75, 3.05) is 48.8 Å². The second kappa shape index (κ2) is 10.8. The Morgan fingerprint density at radius 2 is 1.79 bits per heavy atom. The minimum Gasteiger partial charge on any atom is -0.362 e. The van der Waals surface area contributed by atoms with Gasteiger partial charge in [-0.2, -0.15) is 0 Å². The second-order valence-corrected chi connectivity index (χ2v) is 9.67. The number of amides is 2. The van der Waals surface area contributed by atoms with Crippen molar-refractivity contribution in [1.29, 1.82) is 0 Å². The maximum Gasteiger partial charge on any atom is 0.258 e. The van der Waals surface area contributed by atoms with Gasteiger partial charge >= 0.3 is 0 Å². The molecule has 0 bridgehead atoms. The molecule has 0 spiro atoms. The topological polar surface area (TPSA) is 55.9 Å². The molecule has 1 N–H and O–H groups in total. The molecule has 2 amide bonds. The lowest BCUT2D eigenvalue weighted by molar-refractivity contribution is -0.115. The number of thiophene rings is 1. The zero-order valence-electron chi connectivity index (χ0n) is 20.0. The second-order valence-electron chi connectivity index (χ2n) is 8.72. The third kappa shape index (κ3) is 5.32. The highest BCUT2D eigenvalue weighted by Gasteiger charge is 2.29. The predicted molar refractivity (Wildman–Crippen MR) is 141 cm³/mol. The highest BCUT2D eigenvalue weighted by Crippen LogP contribution is 2.40. The summed E-state index contributed by atoms with van der Waals surface area (Å²) in [7, 11) is 4.19. The molecule has 0 aliphatic carbocycles. The number of likely N-dealkylation sites (N-methyl/N-ethyl adjacent to an activating group) is 1. The molecular formula is C27H32N4O2S. The molecule has 4 rings (SSSR count). The van der Waals surface area contributed by atoms with E-state index in [0.29, 0.717) is 23.8 Å². The lowest BCUT2D eigenvalue weighted by Crippen LogP contribution is -2.33. The number of fused-ring (bicyclic) bond motifs is 1. The Bertz CT molecular complexity index is 1110. The lowest BCUT2D eigenvalue weighted by Gasteiger charge is -2.24. The van der Waals surface area contributed by atoms with Crippen LogP contribution in [0.2, 0.25) is 0 Å². The van der Waals surface area contributed by atoms with Gasteiger partial charge in [-0.25, -0.2) is 0 Å². The Morgan fingerprint density at radius 1 is 1.06 bits per heavy atom. The summed E-state index contributed by atoms with van der Waals surface area (Å²) in [5, 5.41) is 5.02. The van der Waals surface area contributed by atoms with Gasteiger partial charge in [-0.1, -0.05) is 18.2 Å². The molecule has 0 saturated carbocycles. The first kappa shape index (κ1) is 24.0. The number of carbonyl (C=O) groups excluding carboxylic acids is 2. The van der Waals surface area contributed by atoms with E-state index in [1.165, 1.54) is 4.88 Å². The Hall–Kier alpha value is -3.16. The van der Waals surface area contributed by atoms with Crippen molar-refractivity contribution in [3.8, 4) is 0 Å². The molecular weight excluding hydrogens is 444 g/mol. The van der Waals surface area contributed by atoms with Crippen LogP contribution in [0, 0.1) is 0 Å². The smallest absolute Gasteiger partial charge is 0.258 e. The number of hydrogen-bond acceptors (Lipinski definition) is 5. The molecule has 7 heteroatoms. The van der Waals surface area contributed by atoms with E-state index in [1.807, 2.05) is 47.1 Å². The number of anilines is 3. The van der Waals surface area contributed by atoms with Crippen LogP contribution in [0.15, 0.2) is 66.0 Å². The summed E-state index contributed by atoms with van der Waals surface area (Å²) < 4.78 is 0. The molecule has 0 fully saturated rings. The SMILES string of the molecule is CCN(CC(=O)Nc1ccc(C(=O)N2CCCC(N(C)C)c3sccc32)cc1)c1ccccc1. The number of carbonyl (C=O) groups is 2. The highest BCUT2D eigenvalue weighted by molar-refractivity contribution is 7.10. The number of benzene rings is 2. The van der Waals surface area contributed by atoms with Gasteiger partial charge < -0.3 is 20.0 Å². The van der Waals surface area contributed by atoms with E-state index in [-0.39, 0.29) is 18.4 Å². The molecule has 0 radical (unpaired) electrons. The number of hydrogen-bond donors (Lipinski definition) is 1. The van der Waals surface area contributed by atoms with Crippen LogP contribution in [-0.2, 0) is 4.79 Å². The van der Waals surface area contributed by atoms with Gasteiger partial charge in [-0.05, 0) is 81.7 Å². The number of rotatable bonds is 7. The van der Waals surface area contributed by atoms with Gasteiger partial charge in [0, 0.05) is 40.9 Å². The van der Waals surface area contributed by atoms with E-state index in [9.17, 15) is 9.59 Å². The number of para-hydroxylation sites is 1. The molecule has 178 valence electrons. The van der Waals surface area contributed by atoms with E-state index in [0.717, 1.165) is 30.8 Å². The van der Waals surface area contributed by atoms with Crippen molar-refractivity contribution >= 4 is 40.2 Å². The number of nitrogens with zero attached hydrogens (tertiary/aromatic N) is 3. The largest absolute Gasteiger partial charge is 0.362 e. The summed E-state index contributed by atoms with van der Waals surface area (Å²) in [4.78, 5) is 33.4. The molecule has 1 atom stereocenters. The van der Waals surface area contributed by atoms with Gasteiger partial charge in [0.15, 0.2) is 0 Å². The number of nitrogens with one attached hydrogen (secondary N) is 1. The van der Waals surface area contributed by atoms with Crippen molar-refractivity contribution in [2.45, 2.75) is 25.8 Å². The third-order valence-electron chi connectivity index (χ3n) is 6.25. The fourth-order valence-electron chi connectivity index (χ4n) is 4.43. The third-order valence-corrected chi connectivity index (χ3v) is 7.26.